The Bertz CT molecular complexity index is 555. The predicted octanol–water partition coefficient (Wildman–Crippen LogP) is 5.47. The van der Waals surface area contributed by atoms with Crippen LogP contribution in [0.4, 0.5) is 4.79 Å². The quantitative estimate of drug-likeness (QED) is 0.662. The van der Waals surface area contributed by atoms with E-state index in [0.29, 0.717) is 17.3 Å². The highest BCUT2D eigenvalue weighted by molar-refractivity contribution is 9.10. The maximum Gasteiger partial charge on any atom is 0.410 e. The molecule has 0 spiro atoms. The summed E-state index contributed by atoms with van der Waals surface area (Å²) in [7, 11) is 0. The zero-order valence-corrected chi connectivity index (χ0v) is 16.3. The van der Waals surface area contributed by atoms with Gasteiger partial charge in [0, 0.05) is 26.7 Å². The summed E-state index contributed by atoms with van der Waals surface area (Å²) in [5.41, 5.74) is -0.417. The number of amides is 1. The van der Waals surface area contributed by atoms with Gasteiger partial charge in [0.15, 0.2) is 0 Å². The molecular formula is C18H24BrNO2S. The Hall–Kier alpha value is -0.680. The number of benzene rings is 1. The van der Waals surface area contributed by atoms with Gasteiger partial charge in [0.1, 0.15) is 5.60 Å². The molecule has 23 heavy (non-hydrogen) atoms. The van der Waals surface area contributed by atoms with Gasteiger partial charge in [0.2, 0.25) is 0 Å². The summed E-state index contributed by atoms with van der Waals surface area (Å²) in [4.78, 5) is 15.8. The van der Waals surface area contributed by atoms with E-state index in [0.717, 1.165) is 30.2 Å². The maximum absolute atomic E-state index is 12.5. The monoisotopic (exact) mass is 397 g/mol. The van der Waals surface area contributed by atoms with Gasteiger partial charge in [-0.3, -0.25) is 0 Å². The van der Waals surface area contributed by atoms with Crippen LogP contribution in [0, 0.1) is 0 Å². The highest BCUT2D eigenvalue weighted by atomic mass is 79.9. The van der Waals surface area contributed by atoms with Crippen LogP contribution < -0.4 is 0 Å². The van der Waals surface area contributed by atoms with E-state index in [-0.39, 0.29) is 6.09 Å². The van der Waals surface area contributed by atoms with Crippen molar-refractivity contribution in [3.05, 3.63) is 28.7 Å². The van der Waals surface area contributed by atoms with Gasteiger partial charge in [-0.1, -0.05) is 15.9 Å². The minimum absolute atomic E-state index is 0.128. The van der Waals surface area contributed by atoms with E-state index in [4.69, 9.17) is 4.74 Å². The fourth-order valence-corrected chi connectivity index (χ4v) is 5.12. The van der Waals surface area contributed by atoms with Crippen LogP contribution in [-0.2, 0) is 4.74 Å². The lowest BCUT2D eigenvalue weighted by Crippen LogP contribution is -2.49. The van der Waals surface area contributed by atoms with Crippen molar-refractivity contribution in [1.82, 2.24) is 4.90 Å². The Balaban J connectivity index is 1.62. The third-order valence-electron chi connectivity index (χ3n) is 4.41. The summed E-state index contributed by atoms with van der Waals surface area (Å²) in [6.45, 7) is 5.80. The predicted molar refractivity (Wildman–Crippen MR) is 97.9 cm³/mol. The molecule has 0 saturated carbocycles. The second-order valence-electron chi connectivity index (χ2n) is 7.44. The van der Waals surface area contributed by atoms with Gasteiger partial charge >= 0.3 is 6.09 Å². The first-order valence-electron chi connectivity index (χ1n) is 8.25. The van der Waals surface area contributed by atoms with Gasteiger partial charge in [-0.25, -0.2) is 4.79 Å². The Kier molecular flexibility index (Phi) is 4.98. The topological polar surface area (TPSA) is 29.5 Å². The van der Waals surface area contributed by atoms with Crippen molar-refractivity contribution in [2.24, 2.45) is 0 Å². The summed E-state index contributed by atoms with van der Waals surface area (Å²) in [6, 6.07) is 9.20. The molecule has 2 heterocycles. The fraction of sp³-hybridized carbons (Fsp3) is 0.611. The largest absolute Gasteiger partial charge is 0.444 e. The van der Waals surface area contributed by atoms with Crippen molar-refractivity contribution in [2.75, 3.05) is 0 Å². The summed E-state index contributed by atoms with van der Waals surface area (Å²) in [6.07, 6.45) is 4.23. The number of carbonyl (C=O) groups excluding carboxylic acids is 1. The minimum atomic E-state index is -0.417. The molecule has 2 fully saturated rings. The Morgan fingerprint density at radius 1 is 1.17 bits per heavy atom. The maximum atomic E-state index is 12.5. The lowest BCUT2D eigenvalue weighted by atomic mass is 10.0. The first-order valence-corrected chi connectivity index (χ1v) is 9.92. The van der Waals surface area contributed by atoms with E-state index in [9.17, 15) is 4.79 Å². The van der Waals surface area contributed by atoms with Crippen molar-refractivity contribution < 1.29 is 9.53 Å². The minimum Gasteiger partial charge on any atom is -0.444 e. The number of nitrogens with zero attached hydrogens (tertiary/aromatic N) is 1. The van der Waals surface area contributed by atoms with E-state index >= 15 is 0 Å². The zero-order chi connectivity index (χ0) is 16.6. The molecular weight excluding hydrogens is 374 g/mol. The van der Waals surface area contributed by atoms with Crippen LogP contribution >= 0.6 is 27.7 Å². The van der Waals surface area contributed by atoms with E-state index < -0.39 is 5.60 Å². The number of fused-ring (bicyclic) bond motifs is 2. The number of rotatable bonds is 2. The Labute approximate surface area is 151 Å². The molecule has 1 amide bonds. The van der Waals surface area contributed by atoms with Crippen LogP contribution in [0.25, 0.3) is 0 Å². The highest BCUT2D eigenvalue weighted by Gasteiger charge is 2.44. The third kappa shape index (κ3) is 4.24. The highest BCUT2D eigenvalue weighted by Crippen LogP contribution is 2.43. The van der Waals surface area contributed by atoms with Gasteiger partial charge in [0.05, 0.1) is 0 Å². The smallest absolute Gasteiger partial charge is 0.410 e. The van der Waals surface area contributed by atoms with Crippen LogP contribution in [0.5, 0.6) is 0 Å². The average Bonchev–Trinajstić information content (AvgIpc) is 2.72. The van der Waals surface area contributed by atoms with Crippen LogP contribution in [0.1, 0.15) is 46.5 Å². The molecule has 1 unspecified atom stereocenters. The lowest BCUT2D eigenvalue weighted by Gasteiger charge is -2.39. The summed E-state index contributed by atoms with van der Waals surface area (Å²) >= 11 is 5.43. The molecule has 2 aliphatic heterocycles. The van der Waals surface area contributed by atoms with Gasteiger partial charge in [-0.2, -0.15) is 0 Å². The van der Waals surface area contributed by atoms with Gasteiger partial charge in [-0.05, 0) is 70.7 Å². The molecule has 2 bridgehead atoms. The number of hydrogen-bond acceptors (Lipinski definition) is 3. The fourth-order valence-electron chi connectivity index (χ4n) is 3.54. The molecule has 2 aliphatic rings. The number of ether oxygens (including phenoxy) is 1. The van der Waals surface area contributed by atoms with Crippen molar-refractivity contribution in [3.8, 4) is 0 Å². The molecule has 1 aromatic rings. The summed E-state index contributed by atoms with van der Waals surface area (Å²) < 4.78 is 6.71. The molecule has 5 heteroatoms. The molecule has 0 aromatic heterocycles. The molecule has 3 rings (SSSR count). The molecule has 3 atom stereocenters. The van der Waals surface area contributed by atoms with Crippen molar-refractivity contribution in [1.29, 1.82) is 0 Å². The number of hydrogen-bond donors (Lipinski definition) is 0. The van der Waals surface area contributed by atoms with Crippen molar-refractivity contribution in [2.45, 2.75) is 74.3 Å². The van der Waals surface area contributed by atoms with Crippen molar-refractivity contribution >= 4 is 33.8 Å². The Morgan fingerprint density at radius 3 is 2.26 bits per heavy atom. The summed E-state index contributed by atoms with van der Waals surface area (Å²) in [5.74, 6) is 0. The second kappa shape index (κ2) is 6.67. The molecule has 126 valence electrons. The first kappa shape index (κ1) is 17.2. The molecule has 0 N–H and O–H groups in total. The van der Waals surface area contributed by atoms with Gasteiger partial charge in [-0.15, -0.1) is 11.8 Å². The SMILES string of the molecule is CC(C)(C)OC(=O)N1[C@@H]2CC[C@H]1CC(Sc1ccc(Br)cc1)C2. The van der Waals surface area contributed by atoms with E-state index in [1.807, 2.05) is 37.4 Å². The normalized spacial score (nSPS) is 27.1. The van der Waals surface area contributed by atoms with Crippen LogP contribution in [0.2, 0.25) is 0 Å². The average molecular weight is 398 g/mol. The second-order valence-corrected chi connectivity index (χ2v) is 9.73. The van der Waals surface area contributed by atoms with Crippen LogP contribution in [0.15, 0.2) is 33.6 Å². The first-order chi connectivity index (χ1) is 10.8. The van der Waals surface area contributed by atoms with Gasteiger partial charge in [0.25, 0.3) is 0 Å². The number of thioether (sulfide) groups is 1. The van der Waals surface area contributed by atoms with Crippen LogP contribution in [0.3, 0.4) is 0 Å². The van der Waals surface area contributed by atoms with Gasteiger partial charge < -0.3 is 9.64 Å². The molecule has 0 aliphatic carbocycles. The number of carbonyl (C=O) groups is 1. The molecule has 2 saturated heterocycles. The van der Waals surface area contributed by atoms with Crippen molar-refractivity contribution in [3.63, 3.8) is 0 Å². The third-order valence-corrected chi connectivity index (χ3v) is 6.20. The number of piperidine rings is 1. The zero-order valence-electron chi connectivity index (χ0n) is 13.9. The molecule has 1 aromatic carbocycles. The van der Waals surface area contributed by atoms with Crippen LogP contribution in [-0.4, -0.2) is 33.9 Å². The summed E-state index contributed by atoms with van der Waals surface area (Å²) in [5, 5.41) is 0.590. The molecule has 3 nitrogen and oxygen atoms in total. The number of halogens is 1. The van der Waals surface area contributed by atoms with E-state index in [2.05, 4.69) is 40.2 Å². The Morgan fingerprint density at radius 2 is 1.74 bits per heavy atom. The molecule has 0 radical (unpaired) electrons. The lowest BCUT2D eigenvalue weighted by molar-refractivity contribution is 0.00842. The standard InChI is InChI=1S/C18H24BrNO2S/c1-18(2,3)22-17(21)20-13-6-7-14(20)11-16(10-13)23-15-8-4-12(19)5-9-15/h4-5,8-9,13-14,16H,6-7,10-11H2,1-3H3/t13-,14+,16?. The van der Waals surface area contributed by atoms with E-state index in [1.54, 1.807) is 0 Å². The van der Waals surface area contributed by atoms with E-state index in [1.165, 1.54) is 4.90 Å².